The Kier molecular flexibility index (Phi) is 13.8. The zero-order valence-corrected chi connectivity index (χ0v) is 21.0. The van der Waals surface area contributed by atoms with Gasteiger partial charge >= 0.3 is 11.9 Å². The molecule has 0 saturated carbocycles. The average molecular weight is 529 g/mol. The zero-order chi connectivity index (χ0) is 26.4. The number of carbonyl (C=O) groups is 5. The highest BCUT2D eigenvalue weighted by Gasteiger charge is 2.30. The van der Waals surface area contributed by atoms with E-state index in [-0.39, 0.29) is 25.0 Å². The van der Waals surface area contributed by atoms with Crippen molar-refractivity contribution >= 4 is 54.1 Å². The topological polar surface area (TPSA) is 188 Å². The Balaban J connectivity index is 3.08. The maximum Gasteiger partial charge on any atom is 0.326 e. The lowest BCUT2D eigenvalue weighted by molar-refractivity contribution is -0.143. The number of rotatable bonds is 16. The summed E-state index contributed by atoms with van der Waals surface area (Å²) in [5.41, 5.74) is 6.43. The van der Waals surface area contributed by atoms with Gasteiger partial charge in [0.15, 0.2) is 0 Å². The van der Waals surface area contributed by atoms with E-state index >= 15 is 0 Å². The molecule has 11 nitrogen and oxygen atoms in total. The number of carbonyl (C=O) groups excluding carboxylic acids is 3. The summed E-state index contributed by atoms with van der Waals surface area (Å²) in [6.07, 6.45) is 1.30. The first-order chi connectivity index (χ1) is 16.6. The molecule has 4 atom stereocenters. The molecule has 0 fully saturated rings. The van der Waals surface area contributed by atoms with Crippen molar-refractivity contribution in [1.29, 1.82) is 0 Å². The van der Waals surface area contributed by atoms with Crippen LogP contribution in [0.15, 0.2) is 30.3 Å². The molecule has 1 rings (SSSR count). The first-order valence-electron chi connectivity index (χ1n) is 10.8. The Morgan fingerprint density at radius 2 is 1.49 bits per heavy atom. The second kappa shape index (κ2) is 16.0. The molecule has 0 saturated heterocycles. The minimum Gasteiger partial charge on any atom is -0.481 e. The van der Waals surface area contributed by atoms with Gasteiger partial charge in [0.2, 0.25) is 17.7 Å². The van der Waals surface area contributed by atoms with Crippen molar-refractivity contribution in [2.24, 2.45) is 5.73 Å². The van der Waals surface area contributed by atoms with Crippen molar-refractivity contribution in [3.05, 3.63) is 35.9 Å². The number of nitrogens with one attached hydrogen (secondary N) is 3. The average Bonchev–Trinajstić information content (AvgIpc) is 2.83. The van der Waals surface area contributed by atoms with Gasteiger partial charge in [0.05, 0.1) is 6.04 Å². The first-order valence-corrected chi connectivity index (χ1v) is 12.9. The lowest BCUT2D eigenvalue weighted by atomic mass is 10.0. The molecule has 194 valence electrons. The number of aliphatic carboxylic acids is 2. The highest BCUT2D eigenvalue weighted by molar-refractivity contribution is 7.98. The van der Waals surface area contributed by atoms with Crippen LogP contribution in [-0.4, -0.2) is 81.8 Å². The molecule has 3 amide bonds. The van der Waals surface area contributed by atoms with E-state index in [0.29, 0.717) is 5.75 Å². The van der Waals surface area contributed by atoms with E-state index in [4.69, 9.17) is 10.8 Å². The molecule has 0 spiro atoms. The number of thioether (sulfide) groups is 1. The van der Waals surface area contributed by atoms with Crippen LogP contribution in [-0.2, 0) is 30.4 Å². The fourth-order valence-electron chi connectivity index (χ4n) is 3.00. The molecule has 0 aliphatic rings. The summed E-state index contributed by atoms with van der Waals surface area (Å²) in [6.45, 7) is 0. The summed E-state index contributed by atoms with van der Waals surface area (Å²) >= 11 is 5.39. The minimum atomic E-state index is -1.33. The van der Waals surface area contributed by atoms with Gasteiger partial charge in [-0.3, -0.25) is 19.2 Å². The Hall–Kier alpha value is -2.77. The number of amides is 3. The summed E-state index contributed by atoms with van der Waals surface area (Å²) in [6, 6.07) is 4.19. The summed E-state index contributed by atoms with van der Waals surface area (Å²) in [4.78, 5) is 60.9. The van der Waals surface area contributed by atoms with Gasteiger partial charge in [0.1, 0.15) is 18.1 Å². The summed E-state index contributed by atoms with van der Waals surface area (Å²) < 4.78 is 0. The Labute approximate surface area is 213 Å². The number of hydrogen-bond donors (Lipinski definition) is 7. The van der Waals surface area contributed by atoms with Crippen LogP contribution in [0.25, 0.3) is 0 Å². The van der Waals surface area contributed by atoms with Crippen LogP contribution < -0.4 is 21.7 Å². The van der Waals surface area contributed by atoms with E-state index in [1.54, 1.807) is 36.6 Å². The fourth-order valence-corrected chi connectivity index (χ4v) is 3.63. The molecule has 13 heteroatoms. The van der Waals surface area contributed by atoms with Gasteiger partial charge in [0.25, 0.3) is 0 Å². The molecular weight excluding hydrogens is 496 g/mol. The lowest BCUT2D eigenvalue weighted by Crippen LogP contribution is -2.57. The summed E-state index contributed by atoms with van der Waals surface area (Å²) in [5.74, 6) is -4.11. The molecule has 0 aliphatic heterocycles. The van der Waals surface area contributed by atoms with E-state index in [2.05, 4.69) is 28.6 Å². The highest BCUT2D eigenvalue weighted by atomic mass is 32.2. The van der Waals surface area contributed by atoms with Gasteiger partial charge in [-0.25, -0.2) is 4.79 Å². The number of carboxylic acids is 2. The predicted molar refractivity (Wildman–Crippen MR) is 135 cm³/mol. The van der Waals surface area contributed by atoms with Crippen molar-refractivity contribution < 1.29 is 34.2 Å². The standard InChI is InChI=1S/C22H32N4O7S2/c1-35-10-9-16(22(32)33)25-20(30)15(7-8-18(27)28)24-21(31)17(26-19(29)14(23)12-34)11-13-5-3-2-4-6-13/h2-6,14-17,34H,7-12,23H2,1H3,(H,24,31)(H,25,30)(H,26,29)(H,27,28)(H,32,33). The second-order valence-corrected chi connectivity index (χ2v) is 9.07. The van der Waals surface area contributed by atoms with Gasteiger partial charge in [-0.05, 0) is 30.4 Å². The molecule has 0 heterocycles. The number of hydrogen-bond acceptors (Lipinski definition) is 8. The van der Waals surface area contributed by atoms with Crippen LogP contribution in [0.2, 0.25) is 0 Å². The summed E-state index contributed by atoms with van der Waals surface area (Å²) in [7, 11) is 0. The highest BCUT2D eigenvalue weighted by Crippen LogP contribution is 2.07. The van der Waals surface area contributed by atoms with Crippen LogP contribution in [0.5, 0.6) is 0 Å². The van der Waals surface area contributed by atoms with Crippen LogP contribution >= 0.6 is 24.4 Å². The van der Waals surface area contributed by atoms with E-state index in [1.165, 1.54) is 11.8 Å². The molecular formula is C22H32N4O7S2. The largest absolute Gasteiger partial charge is 0.481 e. The van der Waals surface area contributed by atoms with Crippen LogP contribution in [0, 0.1) is 0 Å². The molecule has 0 aromatic heterocycles. The Bertz CT molecular complexity index is 873. The van der Waals surface area contributed by atoms with Crippen LogP contribution in [0.4, 0.5) is 0 Å². The molecule has 4 unspecified atom stereocenters. The third kappa shape index (κ3) is 11.5. The van der Waals surface area contributed by atoms with Gasteiger partial charge in [-0.1, -0.05) is 30.3 Å². The predicted octanol–water partition coefficient (Wildman–Crippen LogP) is -0.357. The smallest absolute Gasteiger partial charge is 0.326 e. The lowest BCUT2D eigenvalue weighted by Gasteiger charge is -2.25. The molecule has 0 aliphatic carbocycles. The molecule has 1 aromatic carbocycles. The molecule has 35 heavy (non-hydrogen) atoms. The maximum absolute atomic E-state index is 13.1. The molecule has 1 aromatic rings. The van der Waals surface area contributed by atoms with Gasteiger partial charge < -0.3 is 31.9 Å². The van der Waals surface area contributed by atoms with Crippen molar-refractivity contribution in [2.75, 3.05) is 17.8 Å². The SMILES string of the molecule is CSCCC(NC(=O)C(CCC(=O)O)NC(=O)C(Cc1ccccc1)NC(=O)C(N)CS)C(=O)O. The number of carboxylic acid groups (broad SMARTS) is 2. The van der Waals surface area contributed by atoms with Crippen molar-refractivity contribution in [3.63, 3.8) is 0 Å². The molecule has 0 radical (unpaired) electrons. The number of thiol groups is 1. The van der Waals surface area contributed by atoms with Crippen LogP contribution in [0.3, 0.4) is 0 Å². The van der Waals surface area contributed by atoms with Crippen molar-refractivity contribution in [2.45, 2.75) is 49.9 Å². The monoisotopic (exact) mass is 528 g/mol. The molecule has 0 bridgehead atoms. The third-order valence-electron chi connectivity index (χ3n) is 4.95. The summed E-state index contributed by atoms with van der Waals surface area (Å²) in [5, 5.41) is 25.8. The number of nitrogens with two attached hydrogens (primary N) is 1. The van der Waals surface area contributed by atoms with E-state index in [0.717, 1.165) is 5.56 Å². The second-order valence-electron chi connectivity index (χ2n) is 7.71. The Morgan fingerprint density at radius 1 is 0.914 bits per heavy atom. The normalized spacial score (nSPS) is 14.1. The quantitative estimate of drug-likeness (QED) is 0.141. The third-order valence-corrected chi connectivity index (χ3v) is 5.99. The maximum atomic E-state index is 13.1. The fraction of sp³-hybridized carbons (Fsp3) is 0.500. The van der Waals surface area contributed by atoms with Gasteiger partial charge in [-0.2, -0.15) is 24.4 Å². The number of benzene rings is 1. The Morgan fingerprint density at radius 3 is 2.03 bits per heavy atom. The van der Waals surface area contributed by atoms with Crippen LogP contribution in [0.1, 0.15) is 24.8 Å². The molecule has 7 N–H and O–H groups in total. The van der Waals surface area contributed by atoms with Gasteiger partial charge in [0, 0.05) is 18.6 Å². The van der Waals surface area contributed by atoms with Crippen molar-refractivity contribution in [3.8, 4) is 0 Å². The van der Waals surface area contributed by atoms with E-state index in [9.17, 15) is 29.1 Å². The van der Waals surface area contributed by atoms with E-state index in [1.807, 2.05) is 0 Å². The van der Waals surface area contributed by atoms with E-state index < -0.39 is 60.2 Å². The minimum absolute atomic E-state index is 0.0434. The van der Waals surface area contributed by atoms with Gasteiger partial charge in [-0.15, -0.1) is 0 Å². The zero-order valence-electron chi connectivity index (χ0n) is 19.3. The van der Waals surface area contributed by atoms with Crippen molar-refractivity contribution in [1.82, 2.24) is 16.0 Å². The first kappa shape index (κ1) is 30.3.